The minimum Gasteiger partial charge on any atom is -0.461 e. The highest BCUT2D eigenvalue weighted by molar-refractivity contribution is 7.19. The molecule has 1 fully saturated rings. The highest BCUT2D eigenvalue weighted by Crippen LogP contribution is 2.41. The lowest BCUT2D eigenvalue weighted by Gasteiger charge is -2.24. The molecule has 1 saturated carbocycles. The fourth-order valence-corrected chi connectivity index (χ4v) is 9.06. The van der Waals surface area contributed by atoms with Crippen LogP contribution in [0, 0.1) is 11.8 Å². The van der Waals surface area contributed by atoms with Gasteiger partial charge in [-0.25, -0.2) is 4.79 Å². The number of carbonyl (C=O) groups excluding carboxylic acids is 3. The molecule has 2 heterocycles. The molecule has 12 heteroatoms. The lowest BCUT2D eigenvalue weighted by atomic mass is 9.84. The molecule has 5 N–H and O–H groups in total. The number of esters is 1. The van der Waals surface area contributed by atoms with Crippen LogP contribution in [-0.4, -0.2) is 62.6 Å². The summed E-state index contributed by atoms with van der Waals surface area (Å²) in [5, 5.41) is 41.1. The van der Waals surface area contributed by atoms with Gasteiger partial charge in [-0.05, 0) is 117 Å². The number of anilines is 1. The van der Waals surface area contributed by atoms with E-state index in [0.29, 0.717) is 43.4 Å². The van der Waals surface area contributed by atoms with Crippen LogP contribution in [0.25, 0.3) is 20.9 Å². The van der Waals surface area contributed by atoms with Gasteiger partial charge >= 0.3 is 12.1 Å². The molecule has 59 heavy (non-hydrogen) atoms. The van der Waals surface area contributed by atoms with Crippen molar-refractivity contribution in [1.29, 1.82) is 0 Å². The number of rotatable bonds is 18. The highest BCUT2D eigenvalue weighted by Gasteiger charge is 2.41. The molecule has 2 amide bonds. The number of pyridine rings is 1. The van der Waals surface area contributed by atoms with E-state index in [-0.39, 0.29) is 36.9 Å². The number of nitrogens with zero attached hydrogens (tertiary/aromatic N) is 1. The van der Waals surface area contributed by atoms with Crippen molar-refractivity contribution in [3.63, 3.8) is 0 Å². The van der Waals surface area contributed by atoms with Crippen molar-refractivity contribution in [2.75, 3.05) is 11.9 Å². The van der Waals surface area contributed by atoms with Gasteiger partial charge in [-0.2, -0.15) is 0 Å². The number of hydrogen-bond donors (Lipinski definition) is 5. The van der Waals surface area contributed by atoms with Gasteiger partial charge in [0.2, 0.25) is 5.91 Å². The molecule has 2 aromatic heterocycles. The van der Waals surface area contributed by atoms with E-state index >= 15 is 0 Å². The van der Waals surface area contributed by atoms with Gasteiger partial charge in [-0.15, -0.1) is 11.3 Å². The van der Waals surface area contributed by atoms with Crippen molar-refractivity contribution >= 4 is 55.9 Å². The molecule has 0 spiro atoms. The lowest BCUT2D eigenvalue weighted by Crippen LogP contribution is -2.37. The smallest absolute Gasteiger partial charge is 0.407 e. The summed E-state index contributed by atoms with van der Waals surface area (Å²) in [4.78, 5) is 43.8. The van der Waals surface area contributed by atoms with Crippen LogP contribution in [-0.2, 0) is 25.7 Å². The second-order valence-corrected chi connectivity index (χ2v) is 17.8. The minimum atomic E-state index is -0.731. The number of alkyl carbamates (subject to hydrolysis) is 1. The molecule has 5 aromatic rings. The summed E-state index contributed by atoms with van der Waals surface area (Å²) < 4.78 is 12.1. The summed E-state index contributed by atoms with van der Waals surface area (Å²) in [6.45, 7) is 5.42. The summed E-state index contributed by atoms with van der Waals surface area (Å²) in [5.74, 6) is -1.38. The molecule has 0 bridgehead atoms. The molecule has 314 valence electrons. The maximum atomic E-state index is 13.6. The number of hydrogen-bond acceptors (Lipinski definition) is 10. The van der Waals surface area contributed by atoms with Crippen LogP contribution in [0.2, 0.25) is 0 Å². The van der Waals surface area contributed by atoms with Crippen molar-refractivity contribution in [3.05, 3.63) is 107 Å². The first kappa shape index (κ1) is 43.7. The Morgan fingerprint density at radius 3 is 2.37 bits per heavy atom. The number of aromatic nitrogens is 1. The summed E-state index contributed by atoms with van der Waals surface area (Å²) in [6, 6.07) is 24.8. The number of benzene rings is 3. The molecule has 6 rings (SSSR count). The highest BCUT2D eigenvalue weighted by atomic mass is 32.1. The van der Waals surface area contributed by atoms with E-state index in [1.807, 2.05) is 60.7 Å². The topological polar surface area (TPSA) is 167 Å². The first-order valence-electron chi connectivity index (χ1n) is 20.7. The predicted octanol–water partition coefficient (Wildman–Crippen LogP) is 8.95. The number of nitrogens with one attached hydrogen (secondary N) is 2. The molecular weight excluding hydrogens is 767 g/mol. The summed E-state index contributed by atoms with van der Waals surface area (Å²) in [6.07, 6.45) is 7.09. The second-order valence-electron chi connectivity index (χ2n) is 16.7. The van der Waals surface area contributed by atoms with Gasteiger partial charge < -0.3 is 35.4 Å². The lowest BCUT2D eigenvalue weighted by molar-refractivity contribution is -0.145. The Kier molecular flexibility index (Phi) is 15.1. The number of thiophene rings is 1. The third-order valence-corrected chi connectivity index (χ3v) is 12.3. The monoisotopic (exact) mass is 823 g/mol. The molecule has 1 aliphatic rings. The number of carbonyl (C=O) groups is 3. The van der Waals surface area contributed by atoms with Crippen molar-refractivity contribution in [3.8, 4) is 0 Å². The SMILES string of the molecule is CC(C)(C)OC(=O)NCC(C(=O)Nc1ccc2cnccc2c1)c1ccc(COC(=O)CCCCCC[C@@H]2[C@@H](CCC(O)c3cc4ccccc4s3)[C@H](O)C[C@@H]2O)cc1. The van der Waals surface area contributed by atoms with Crippen molar-refractivity contribution < 1.29 is 39.2 Å². The van der Waals surface area contributed by atoms with Crippen LogP contribution >= 0.6 is 11.3 Å². The third-order valence-electron chi connectivity index (χ3n) is 11.1. The number of amides is 2. The summed E-state index contributed by atoms with van der Waals surface area (Å²) >= 11 is 1.60. The summed E-state index contributed by atoms with van der Waals surface area (Å²) in [7, 11) is 0. The number of fused-ring (bicyclic) bond motifs is 2. The van der Waals surface area contributed by atoms with Crippen molar-refractivity contribution in [1.82, 2.24) is 10.3 Å². The molecule has 2 unspecified atom stereocenters. The molecule has 0 saturated heterocycles. The van der Waals surface area contributed by atoms with Gasteiger partial charge in [0.15, 0.2) is 0 Å². The normalized spacial score (nSPS) is 19.0. The van der Waals surface area contributed by atoms with Gasteiger partial charge in [0.05, 0.1) is 24.2 Å². The van der Waals surface area contributed by atoms with Gasteiger partial charge in [0, 0.05) is 46.0 Å². The van der Waals surface area contributed by atoms with E-state index in [1.165, 1.54) is 0 Å². The molecule has 0 radical (unpaired) electrons. The Morgan fingerprint density at radius 2 is 1.61 bits per heavy atom. The number of aliphatic hydroxyl groups is 3. The maximum absolute atomic E-state index is 13.6. The van der Waals surface area contributed by atoms with Crippen LogP contribution in [0.5, 0.6) is 0 Å². The Labute approximate surface area is 350 Å². The van der Waals surface area contributed by atoms with Crippen LogP contribution in [0.4, 0.5) is 10.5 Å². The molecule has 6 atom stereocenters. The molecular formula is C47H57N3O8S. The number of unbranched alkanes of at least 4 members (excludes halogenated alkanes) is 3. The van der Waals surface area contributed by atoms with Crippen LogP contribution in [0.1, 0.15) is 107 Å². The first-order chi connectivity index (χ1) is 28.3. The number of aliphatic hydroxyl groups excluding tert-OH is 3. The maximum Gasteiger partial charge on any atom is 0.407 e. The van der Waals surface area contributed by atoms with Crippen LogP contribution in [0.15, 0.2) is 91.3 Å². The number of ether oxygens (including phenoxy) is 2. The fraction of sp³-hybridized carbons (Fsp3) is 0.447. The van der Waals surface area contributed by atoms with Crippen molar-refractivity contribution in [2.45, 2.75) is 115 Å². The van der Waals surface area contributed by atoms with Crippen molar-refractivity contribution in [2.24, 2.45) is 11.8 Å². The van der Waals surface area contributed by atoms with Gasteiger partial charge in [-0.3, -0.25) is 14.6 Å². The zero-order valence-corrected chi connectivity index (χ0v) is 35.0. The molecule has 1 aliphatic carbocycles. The predicted molar refractivity (Wildman–Crippen MR) is 231 cm³/mol. The molecule has 11 nitrogen and oxygen atoms in total. The fourth-order valence-electron chi connectivity index (χ4n) is 7.98. The van der Waals surface area contributed by atoms with E-state index in [0.717, 1.165) is 57.0 Å². The Bertz CT molecular complexity index is 2130. The molecule has 0 aliphatic heterocycles. The van der Waals surface area contributed by atoms with Gasteiger partial charge in [0.25, 0.3) is 0 Å². The van der Waals surface area contributed by atoms with E-state index < -0.39 is 35.9 Å². The average Bonchev–Trinajstić information content (AvgIpc) is 3.76. The van der Waals surface area contributed by atoms with Crippen LogP contribution < -0.4 is 10.6 Å². The Balaban J connectivity index is 0.924. The zero-order chi connectivity index (χ0) is 41.9. The quantitative estimate of drug-likeness (QED) is 0.0428. The summed E-state index contributed by atoms with van der Waals surface area (Å²) in [5.41, 5.74) is 1.37. The largest absolute Gasteiger partial charge is 0.461 e. The van der Waals surface area contributed by atoms with E-state index in [4.69, 9.17) is 9.47 Å². The molecule has 3 aromatic carbocycles. The zero-order valence-electron chi connectivity index (χ0n) is 34.1. The van der Waals surface area contributed by atoms with E-state index in [2.05, 4.69) is 21.7 Å². The Morgan fingerprint density at radius 1 is 0.864 bits per heavy atom. The van der Waals surface area contributed by atoms with E-state index in [9.17, 15) is 29.7 Å². The average molecular weight is 824 g/mol. The second kappa shape index (κ2) is 20.4. The third kappa shape index (κ3) is 12.6. The van der Waals surface area contributed by atoms with Crippen LogP contribution in [0.3, 0.4) is 0 Å². The first-order valence-corrected chi connectivity index (χ1v) is 21.5. The minimum absolute atomic E-state index is 0.00831. The van der Waals surface area contributed by atoms with Gasteiger partial charge in [0.1, 0.15) is 12.2 Å². The standard InChI is InChI=1S/C47H57N3O8S/c1-47(2,3)58-46(56)49-28-38(45(55)50-35-19-18-34-27-48-23-22-32(34)24-35)31-16-14-30(15-17-31)29-57-44(54)13-7-5-4-6-11-36-37(41(53)26-40(36)52)20-21-39(51)43-25-33-10-8-9-12-42(33)59-43/h8-10,12,14-19,22-25,27,36-41,51-53H,4-7,11,13,20-21,26,28-29H2,1-3H3,(H,49,56)(H,50,55)/t36-,37-,38?,39?,40+,41-/m1/s1. The Hall–Kier alpha value is -4.88. The van der Waals surface area contributed by atoms with Gasteiger partial charge in [-0.1, -0.05) is 67.8 Å². The van der Waals surface area contributed by atoms with E-state index in [1.54, 1.807) is 56.6 Å².